The number of carboxylic acid groups (broad SMARTS) is 1. The Morgan fingerprint density at radius 2 is 1.93 bits per heavy atom. The number of methoxy groups -OCH3 is 1. The third-order valence-electron chi connectivity index (χ3n) is 4.45. The van der Waals surface area contributed by atoms with Gasteiger partial charge in [-0.15, -0.1) is 0 Å². The van der Waals surface area contributed by atoms with E-state index < -0.39 is 23.8 Å². The summed E-state index contributed by atoms with van der Waals surface area (Å²) in [5, 5.41) is 8.87. The van der Waals surface area contributed by atoms with E-state index in [1.807, 2.05) is 12.1 Å². The highest BCUT2D eigenvalue weighted by Crippen LogP contribution is 2.25. The SMILES string of the molecule is COc1ccc(-c2ccc(C(=O)N3CCO[C@@H](CC(=O)O)C3)c(F)c2)cc1. The average Bonchev–Trinajstić information content (AvgIpc) is 2.67. The molecule has 1 fully saturated rings. The van der Waals surface area contributed by atoms with Crippen molar-refractivity contribution in [2.45, 2.75) is 12.5 Å². The molecular weight excluding hydrogens is 353 g/mol. The maximum atomic E-state index is 14.6. The molecule has 0 aliphatic carbocycles. The molecule has 7 heteroatoms. The van der Waals surface area contributed by atoms with Crippen LogP contribution in [0.5, 0.6) is 5.75 Å². The lowest BCUT2D eigenvalue weighted by Crippen LogP contribution is -2.46. The number of nitrogens with zero attached hydrogens (tertiary/aromatic N) is 1. The van der Waals surface area contributed by atoms with Gasteiger partial charge < -0.3 is 19.5 Å². The van der Waals surface area contributed by atoms with Crippen molar-refractivity contribution >= 4 is 11.9 Å². The molecule has 1 aliphatic heterocycles. The number of hydrogen-bond acceptors (Lipinski definition) is 4. The van der Waals surface area contributed by atoms with Crippen LogP contribution in [0.1, 0.15) is 16.8 Å². The molecule has 0 aromatic heterocycles. The molecule has 1 aliphatic rings. The van der Waals surface area contributed by atoms with Crippen LogP contribution in [-0.4, -0.2) is 54.8 Å². The third kappa shape index (κ3) is 4.43. The first kappa shape index (κ1) is 18.8. The van der Waals surface area contributed by atoms with Gasteiger partial charge in [-0.1, -0.05) is 18.2 Å². The maximum Gasteiger partial charge on any atom is 0.306 e. The van der Waals surface area contributed by atoms with E-state index in [9.17, 15) is 14.0 Å². The van der Waals surface area contributed by atoms with Crippen molar-refractivity contribution < 1.29 is 28.6 Å². The molecular formula is C20H20FNO5. The molecule has 1 saturated heterocycles. The number of carbonyl (C=O) groups is 2. The number of carboxylic acids is 1. The first-order valence-corrected chi connectivity index (χ1v) is 8.54. The van der Waals surface area contributed by atoms with Gasteiger partial charge in [0, 0.05) is 13.1 Å². The molecule has 0 radical (unpaired) electrons. The minimum atomic E-state index is -0.996. The fourth-order valence-electron chi connectivity index (χ4n) is 3.04. The highest BCUT2D eigenvalue weighted by Gasteiger charge is 2.28. The number of carbonyl (C=O) groups excluding carboxylic acids is 1. The van der Waals surface area contributed by atoms with E-state index in [-0.39, 0.29) is 25.1 Å². The van der Waals surface area contributed by atoms with E-state index in [1.165, 1.54) is 17.0 Å². The number of morpholine rings is 1. The smallest absolute Gasteiger partial charge is 0.306 e. The van der Waals surface area contributed by atoms with Crippen LogP contribution in [0.25, 0.3) is 11.1 Å². The summed E-state index contributed by atoms with van der Waals surface area (Å²) < 4.78 is 25.1. The molecule has 142 valence electrons. The standard InChI is InChI=1S/C20H20FNO5/c1-26-15-5-2-13(3-6-15)14-4-7-17(18(21)10-14)20(25)22-8-9-27-16(12-22)11-19(23)24/h2-7,10,16H,8-9,11-12H2,1H3,(H,23,24)/t16-/m0/s1. The van der Waals surface area contributed by atoms with Gasteiger partial charge in [-0.05, 0) is 35.4 Å². The number of hydrogen-bond donors (Lipinski definition) is 1. The Kier molecular flexibility index (Phi) is 5.71. The molecule has 2 aromatic carbocycles. The molecule has 2 aromatic rings. The van der Waals surface area contributed by atoms with Crippen molar-refractivity contribution in [3.63, 3.8) is 0 Å². The zero-order valence-electron chi connectivity index (χ0n) is 14.9. The molecule has 0 spiro atoms. The van der Waals surface area contributed by atoms with Crippen molar-refractivity contribution in [1.82, 2.24) is 4.90 Å². The van der Waals surface area contributed by atoms with Gasteiger partial charge in [0.2, 0.25) is 0 Å². The second-order valence-corrected chi connectivity index (χ2v) is 6.26. The summed E-state index contributed by atoms with van der Waals surface area (Å²) in [7, 11) is 1.57. The van der Waals surface area contributed by atoms with Gasteiger partial charge >= 0.3 is 5.97 Å². The zero-order chi connectivity index (χ0) is 19.4. The fourth-order valence-corrected chi connectivity index (χ4v) is 3.04. The van der Waals surface area contributed by atoms with E-state index in [4.69, 9.17) is 14.6 Å². The molecule has 6 nitrogen and oxygen atoms in total. The van der Waals surface area contributed by atoms with Crippen LogP contribution in [0.15, 0.2) is 42.5 Å². The summed E-state index contributed by atoms with van der Waals surface area (Å²) in [4.78, 5) is 24.9. The highest BCUT2D eigenvalue weighted by atomic mass is 19.1. The monoisotopic (exact) mass is 373 g/mol. The summed E-state index contributed by atoms with van der Waals surface area (Å²) in [5.41, 5.74) is 1.42. The second kappa shape index (κ2) is 8.18. The molecule has 1 amide bonds. The molecule has 1 heterocycles. The normalized spacial score (nSPS) is 16.8. The molecule has 3 rings (SSSR count). The fraction of sp³-hybridized carbons (Fsp3) is 0.300. The van der Waals surface area contributed by atoms with Gasteiger partial charge in [0.25, 0.3) is 5.91 Å². The molecule has 1 atom stereocenters. The number of aliphatic carboxylic acids is 1. The van der Waals surface area contributed by atoms with E-state index in [0.717, 1.165) is 5.56 Å². The largest absolute Gasteiger partial charge is 0.497 e. The number of halogens is 1. The van der Waals surface area contributed by atoms with Gasteiger partial charge in [0.05, 0.1) is 31.8 Å². The minimum absolute atomic E-state index is 0.0387. The van der Waals surface area contributed by atoms with E-state index >= 15 is 0 Å². The Labute approximate surface area is 156 Å². The van der Waals surface area contributed by atoms with Crippen molar-refractivity contribution in [3.8, 4) is 16.9 Å². The first-order valence-electron chi connectivity index (χ1n) is 8.54. The first-order chi connectivity index (χ1) is 13.0. The number of benzene rings is 2. The summed E-state index contributed by atoms with van der Waals surface area (Å²) >= 11 is 0. The van der Waals surface area contributed by atoms with Crippen LogP contribution < -0.4 is 4.74 Å². The summed E-state index contributed by atoms with van der Waals surface area (Å²) in [5.74, 6) is -1.37. The Balaban J connectivity index is 1.76. The summed E-state index contributed by atoms with van der Waals surface area (Å²) in [6, 6.07) is 11.7. The van der Waals surface area contributed by atoms with Crippen molar-refractivity contribution in [3.05, 3.63) is 53.8 Å². The summed E-state index contributed by atoms with van der Waals surface area (Å²) in [6.45, 7) is 0.661. The van der Waals surface area contributed by atoms with Gasteiger partial charge in [0.1, 0.15) is 11.6 Å². The predicted molar refractivity (Wildman–Crippen MR) is 96.3 cm³/mol. The van der Waals surface area contributed by atoms with E-state index in [0.29, 0.717) is 17.9 Å². The molecule has 0 saturated carbocycles. The van der Waals surface area contributed by atoms with Gasteiger partial charge in [-0.3, -0.25) is 9.59 Å². The Morgan fingerprint density at radius 3 is 2.56 bits per heavy atom. The van der Waals surface area contributed by atoms with Crippen LogP contribution in [0.2, 0.25) is 0 Å². The lowest BCUT2D eigenvalue weighted by atomic mass is 10.0. The van der Waals surface area contributed by atoms with Crippen LogP contribution in [0.3, 0.4) is 0 Å². The average molecular weight is 373 g/mol. The van der Waals surface area contributed by atoms with Crippen LogP contribution in [0, 0.1) is 5.82 Å². The minimum Gasteiger partial charge on any atom is -0.497 e. The molecule has 0 bridgehead atoms. The van der Waals surface area contributed by atoms with Crippen LogP contribution in [-0.2, 0) is 9.53 Å². The topological polar surface area (TPSA) is 76.1 Å². The quantitative estimate of drug-likeness (QED) is 0.872. The number of amides is 1. The number of ether oxygens (including phenoxy) is 2. The molecule has 27 heavy (non-hydrogen) atoms. The Morgan fingerprint density at radius 1 is 1.22 bits per heavy atom. The number of rotatable bonds is 5. The maximum absolute atomic E-state index is 14.6. The van der Waals surface area contributed by atoms with E-state index in [2.05, 4.69) is 0 Å². The third-order valence-corrected chi connectivity index (χ3v) is 4.45. The molecule has 1 N–H and O–H groups in total. The lowest BCUT2D eigenvalue weighted by Gasteiger charge is -2.32. The molecule has 0 unspecified atom stereocenters. The Hall–Kier alpha value is -2.93. The summed E-state index contributed by atoms with van der Waals surface area (Å²) in [6.07, 6.45) is -0.773. The van der Waals surface area contributed by atoms with Crippen LogP contribution in [0.4, 0.5) is 4.39 Å². The van der Waals surface area contributed by atoms with Crippen molar-refractivity contribution in [2.75, 3.05) is 26.8 Å². The Bertz CT molecular complexity index is 837. The lowest BCUT2D eigenvalue weighted by molar-refractivity contribution is -0.141. The zero-order valence-corrected chi connectivity index (χ0v) is 14.9. The highest BCUT2D eigenvalue weighted by molar-refractivity contribution is 5.95. The van der Waals surface area contributed by atoms with Gasteiger partial charge in [-0.2, -0.15) is 0 Å². The van der Waals surface area contributed by atoms with Crippen molar-refractivity contribution in [2.24, 2.45) is 0 Å². The predicted octanol–water partition coefficient (Wildman–Crippen LogP) is 2.82. The van der Waals surface area contributed by atoms with Gasteiger partial charge in [-0.25, -0.2) is 4.39 Å². The van der Waals surface area contributed by atoms with E-state index in [1.54, 1.807) is 25.3 Å². The van der Waals surface area contributed by atoms with Crippen molar-refractivity contribution in [1.29, 1.82) is 0 Å². The van der Waals surface area contributed by atoms with Gasteiger partial charge in [0.15, 0.2) is 0 Å². The van der Waals surface area contributed by atoms with Crippen LogP contribution >= 0.6 is 0 Å². The second-order valence-electron chi connectivity index (χ2n) is 6.26.